The third kappa shape index (κ3) is 5.04. The molecule has 4 heterocycles. The molecule has 240 valence electrons. The molecule has 0 amide bonds. The molecule has 0 fully saturated rings. The Labute approximate surface area is 294 Å². The summed E-state index contributed by atoms with van der Waals surface area (Å²) in [6.45, 7) is 0. The summed E-state index contributed by atoms with van der Waals surface area (Å²) in [6, 6.07) is 46.6. The summed E-state index contributed by atoms with van der Waals surface area (Å²) in [5.74, 6) is 2.01. The van der Waals surface area contributed by atoms with E-state index in [1.807, 2.05) is 103 Å². The van der Waals surface area contributed by atoms with Crippen LogP contribution in [0, 0.1) is 5.82 Å². The second-order valence-corrected chi connectivity index (χ2v) is 13.3. The summed E-state index contributed by atoms with van der Waals surface area (Å²) in [5, 5.41) is 2.90. The maximum absolute atomic E-state index is 14.0. The van der Waals surface area contributed by atoms with Gasteiger partial charge in [-0.25, -0.2) is 29.3 Å². The van der Waals surface area contributed by atoms with Crippen molar-refractivity contribution in [1.29, 1.82) is 0 Å². The average molecular weight is 678 g/mol. The highest BCUT2D eigenvalue weighted by Gasteiger charge is 2.21. The van der Waals surface area contributed by atoms with Crippen molar-refractivity contribution in [2.45, 2.75) is 0 Å². The van der Waals surface area contributed by atoms with Crippen LogP contribution in [-0.4, -0.2) is 24.9 Å². The molecule has 0 saturated heterocycles. The van der Waals surface area contributed by atoms with Gasteiger partial charge in [-0.15, -0.1) is 11.3 Å². The van der Waals surface area contributed by atoms with Crippen molar-refractivity contribution in [3.05, 3.63) is 151 Å². The van der Waals surface area contributed by atoms with Gasteiger partial charge in [-0.05, 0) is 54.6 Å². The molecule has 0 bridgehead atoms. The average Bonchev–Trinajstić information content (AvgIpc) is 3.77. The van der Waals surface area contributed by atoms with Gasteiger partial charge in [-0.2, -0.15) is 0 Å². The molecule has 6 nitrogen and oxygen atoms in total. The Morgan fingerprint density at radius 3 is 1.82 bits per heavy atom. The molecule has 0 N–H and O–H groups in total. The van der Waals surface area contributed by atoms with E-state index in [1.54, 1.807) is 23.5 Å². The van der Waals surface area contributed by atoms with Crippen LogP contribution in [0.3, 0.4) is 0 Å². The van der Waals surface area contributed by atoms with Gasteiger partial charge in [-0.3, -0.25) is 0 Å². The summed E-state index contributed by atoms with van der Waals surface area (Å²) in [6.07, 6.45) is 0. The van der Waals surface area contributed by atoms with E-state index in [9.17, 15) is 4.39 Å². The fraction of sp³-hybridized carbons (Fsp3) is 0. The van der Waals surface area contributed by atoms with Crippen LogP contribution < -0.4 is 0 Å². The minimum Gasteiger partial charge on any atom is -0.455 e. The molecule has 6 aromatic carbocycles. The lowest BCUT2D eigenvalue weighted by Gasteiger charge is -2.08. The molecule has 0 aliphatic rings. The summed E-state index contributed by atoms with van der Waals surface area (Å²) in [7, 11) is 0. The Morgan fingerprint density at radius 2 is 1.10 bits per heavy atom. The Morgan fingerprint density at radius 1 is 0.471 bits per heavy atom. The topological polar surface area (TPSA) is 77.6 Å². The number of aromatic nitrogens is 5. The Kier molecular flexibility index (Phi) is 6.75. The zero-order valence-corrected chi connectivity index (χ0v) is 27.6. The molecule has 0 aliphatic heterocycles. The number of hydrogen-bond acceptors (Lipinski definition) is 7. The monoisotopic (exact) mass is 677 g/mol. The number of thiophene rings is 1. The Bertz CT molecular complexity index is 2870. The predicted molar refractivity (Wildman–Crippen MR) is 203 cm³/mol. The minimum atomic E-state index is -0.295. The molecule has 0 unspecified atom stereocenters. The van der Waals surface area contributed by atoms with Crippen LogP contribution >= 0.6 is 11.3 Å². The summed E-state index contributed by atoms with van der Waals surface area (Å²) in [5.41, 5.74) is 7.26. The van der Waals surface area contributed by atoms with Crippen LogP contribution in [-0.2, 0) is 0 Å². The van der Waals surface area contributed by atoms with Crippen LogP contribution in [0.5, 0.6) is 0 Å². The Hall–Kier alpha value is -6.64. The van der Waals surface area contributed by atoms with E-state index in [4.69, 9.17) is 29.3 Å². The normalized spacial score (nSPS) is 11.6. The van der Waals surface area contributed by atoms with Gasteiger partial charge < -0.3 is 4.42 Å². The van der Waals surface area contributed by atoms with E-state index in [2.05, 4.69) is 18.2 Å². The van der Waals surface area contributed by atoms with Gasteiger partial charge in [0.2, 0.25) is 0 Å². The zero-order chi connectivity index (χ0) is 33.9. The molecular weight excluding hydrogens is 654 g/mol. The number of benzene rings is 6. The number of nitrogens with zero attached hydrogens (tertiary/aromatic N) is 5. The number of rotatable bonds is 5. The van der Waals surface area contributed by atoms with E-state index in [0.29, 0.717) is 28.9 Å². The van der Waals surface area contributed by atoms with Crippen molar-refractivity contribution >= 4 is 53.6 Å². The van der Waals surface area contributed by atoms with Crippen molar-refractivity contribution < 1.29 is 8.81 Å². The fourth-order valence-corrected chi connectivity index (χ4v) is 7.72. The fourth-order valence-electron chi connectivity index (χ4n) is 6.57. The first-order valence-electron chi connectivity index (χ1n) is 16.4. The minimum absolute atomic E-state index is 0.295. The predicted octanol–water partition coefficient (Wildman–Crippen LogP) is 11.4. The van der Waals surface area contributed by atoms with Gasteiger partial charge in [0, 0.05) is 43.1 Å². The van der Waals surface area contributed by atoms with Crippen molar-refractivity contribution in [3.8, 4) is 56.8 Å². The molecular formula is C43H24FN5OS. The largest absolute Gasteiger partial charge is 0.455 e. The number of fused-ring (bicyclic) bond motifs is 6. The summed E-state index contributed by atoms with van der Waals surface area (Å²) >= 11 is 1.64. The van der Waals surface area contributed by atoms with E-state index in [0.717, 1.165) is 70.2 Å². The first kappa shape index (κ1) is 29.3. The third-order valence-electron chi connectivity index (χ3n) is 9.03. The SMILES string of the molecule is Fc1ccc(-c2nc(-c3cccc4c3oc3ccc(-c5nc(-c6ccccc6)nc(-c6ccccc6)n5)cc34)nc3c2sc2ccccc23)cc1. The summed E-state index contributed by atoms with van der Waals surface area (Å²) in [4.78, 5) is 25.0. The van der Waals surface area contributed by atoms with E-state index in [-0.39, 0.29) is 5.82 Å². The number of furan rings is 1. The molecule has 0 atom stereocenters. The molecule has 51 heavy (non-hydrogen) atoms. The van der Waals surface area contributed by atoms with Gasteiger partial charge in [0.25, 0.3) is 0 Å². The van der Waals surface area contributed by atoms with Crippen molar-refractivity contribution in [2.75, 3.05) is 0 Å². The first-order valence-corrected chi connectivity index (χ1v) is 17.3. The third-order valence-corrected chi connectivity index (χ3v) is 10.2. The zero-order valence-electron chi connectivity index (χ0n) is 26.8. The van der Waals surface area contributed by atoms with Crippen molar-refractivity contribution in [2.24, 2.45) is 0 Å². The molecule has 0 radical (unpaired) electrons. The number of hydrogen-bond donors (Lipinski definition) is 0. The lowest BCUT2D eigenvalue weighted by molar-refractivity contribution is 0.628. The standard InChI is InChI=1S/C43H24FN5OS/c44-29-21-18-25(19-22-29)36-39-37(31-14-7-8-17-35(31)51-39)46-43(45-36)32-16-9-15-30-33-24-28(20-23-34(33)50-38(30)32)42-48-40(26-10-3-1-4-11-26)47-41(49-42)27-12-5-2-6-13-27/h1-24H. The first-order chi connectivity index (χ1) is 25.2. The highest BCUT2D eigenvalue weighted by atomic mass is 32.1. The van der Waals surface area contributed by atoms with Crippen LogP contribution in [0.2, 0.25) is 0 Å². The molecule has 0 saturated carbocycles. The molecule has 0 spiro atoms. The van der Waals surface area contributed by atoms with Crippen molar-refractivity contribution in [1.82, 2.24) is 24.9 Å². The molecule has 10 aromatic rings. The highest BCUT2D eigenvalue weighted by molar-refractivity contribution is 7.26. The van der Waals surface area contributed by atoms with Gasteiger partial charge in [-0.1, -0.05) is 91.0 Å². The molecule has 8 heteroatoms. The smallest absolute Gasteiger partial charge is 0.164 e. The maximum Gasteiger partial charge on any atom is 0.164 e. The van der Waals surface area contributed by atoms with Gasteiger partial charge >= 0.3 is 0 Å². The van der Waals surface area contributed by atoms with Crippen LogP contribution in [0.25, 0.3) is 99.1 Å². The number of halogens is 1. The Balaban J connectivity index is 1.16. The second kappa shape index (κ2) is 11.8. The molecule has 4 aromatic heterocycles. The highest BCUT2D eigenvalue weighted by Crippen LogP contribution is 2.42. The van der Waals surface area contributed by atoms with Gasteiger partial charge in [0.15, 0.2) is 23.3 Å². The van der Waals surface area contributed by atoms with Gasteiger partial charge in [0.05, 0.1) is 21.5 Å². The number of para-hydroxylation sites is 1. The molecule has 0 aliphatic carbocycles. The lowest BCUT2D eigenvalue weighted by Crippen LogP contribution is -2.00. The van der Waals surface area contributed by atoms with Crippen LogP contribution in [0.1, 0.15) is 0 Å². The summed E-state index contributed by atoms with van der Waals surface area (Å²) < 4.78 is 22.6. The maximum atomic E-state index is 14.0. The van der Waals surface area contributed by atoms with Gasteiger partial charge in [0.1, 0.15) is 17.0 Å². The van der Waals surface area contributed by atoms with Crippen molar-refractivity contribution in [3.63, 3.8) is 0 Å². The van der Waals surface area contributed by atoms with E-state index in [1.165, 1.54) is 12.1 Å². The quantitative estimate of drug-likeness (QED) is 0.180. The molecule has 10 rings (SSSR count). The van der Waals surface area contributed by atoms with E-state index < -0.39 is 0 Å². The second-order valence-electron chi connectivity index (χ2n) is 12.2. The van der Waals surface area contributed by atoms with E-state index >= 15 is 0 Å². The lowest BCUT2D eigenvalue weighted by atomic mass is 10.1. The van der Waals surface area contributed by atoms with Crippen LogP contribution in [0.15, 0.2) is 150 Å². The van der Waals surface area contributed by atoms with Crippen LogP contribution in [0.4, 0.5) is 4.39 Å².